The van der Waals surface area contributed by atoms with E-state index in [0.29, 0.717) is 0 Å². The van der Waals surface area contributed by atoms with E-state index >= 15 is 0 Å². The van der Waals surface area contributed by atoms with Crippen LogP contribution in [0.5, 0.6) is 0 Å². The van der Waals surface area contributed by atoms with Crippen LogP contribution in [0.3, 0.4) is 0 Å². The van der Waals surface area contributed by atoms with Gasteiger partial charge in [0.05, 0.1) is 6.10 Å². The molecule has 3 heteroatoms. The first-order valence-corrected chi connectivity index (χ1v) is 6.39. The van der Waals surface area contributed by atoms with Crippen molar-refractivity contribution < 1.29 is 14.6 Å². The minimum atomic E-state index is -0.557. The summed E-state index contributed by atoms with van der Waals surface area (Å²) in [6.07, 6.45) is 4.80. The number of allylic oxidation sites excluding steroid dienone is 1. The van der Waals surface area contributed by atoms with Gasteiger partial charge in [-0.05, 0) is 42.2 Å². The van der Waals surface area contributed by atoms with Gasteiger partial charge in [-0.3, -0.25) is 0 Å². The zero-order valence-electron chi connectivity index (χ0n) is 10.8. The van der Waals surface area contributed by atoms with E-state index in [9.17, 15) is 9.90 Å². The molecule has 0 radical (unpaired) electrons. The first-order valence-electron chi connectivity index (χ1n) is 6.39. The first-order chi connectivity index (χ1) is 8.42. The van der Waals surface area contributed by atoms with Gasteiger partial charge in [-0.1, -0.05) is 25.7 Å². The molecule has 3 nitrogen and oxygen atoms in total. The second-order valence-electron chi connectivity index (χ2n) is 5.89. The fourth-order valence-electron chi connectivity index (χ4n) is 3.49. The van der Waals surface area contributed by atoms with Crippen LogP contribution in [0.15, 0.2) is 35.5 Å². The van der Waals surface area contributed by atoms with Crippen LogP contribution in [0.1, 0.15) is 26.7 Å². The minimum Gasteiger partial charge on any atom is -0.454 e. The Morgan fingerprint density at radius 2 is 2.28 bits per heavy atom. The van der Waals surface area contributed by atoms with Crippen LogP contribution in [0.25, 0.3) is 0 Å². The van der Waals surface area contributed by atoms with Gasteiger partial charge in [0.15, 0.2) is 0 Å². The molecule has 3 aliphatic rings. The molecule has 0 aromatic rings. The molecular weight excluding hydrogens is 228 g/mol. The Morgan fingerprint density at radius 1 is 1.56 bits per heavy atom. The highest BCUT2D eigenvalue weighted by molar-refractivity contribution is 5.91. The molecule has 0 aromatic heterocycles. The van der Waals surface area contributed by atoms with Gasteiger partial charge < -0.3 is 9.84 Å². The lowest BCUT2D eigenvalue weighted by Crippen LogP contribution is -2.42. The van der Waals surface area contributed by atoms with Crippen LogP contribution >= 0.6 is 0 Å². The third-order valence-corrected chi connectivity index (χ3v) is 4.76. The number of carbonyl (C=O) groups is 1. The molecule has 96 valence electrons. The summed E-state index contributed by atoms with van der Waals surface area (Å²) in [6.45, 7) is 8.02. The highest BCUT2D eigenvalue weighted by Gasteiger charge is 2.49. The fraction of sp³-hybridized carbons (Fsp3) is 0.533. The molecular formula is C15H18O3. The summed E-state index contributed by atoms with van der Waals surface area (Å²) >= 11 is 0. The molecule has 4 atom stereocenters. The highest BCUT2D eigenvalue weighted by Crippen LogP contribution is 2.53. The number of hydrogen-bond donors (Lipinski definition) is 1. The van der Waals surface area contributed by atoms with Gasteiger partial charge in [-0.15, -0.1) is 0 Å². The smallest absolute Gasteiger partial charge is 0.334 e. The number of carbonyl (C=O) groups excluding carboxylic acids is 1. The minimum absolute atomic E-state index is 0.0601. The molecule has 2 aliphatic carbocycles. The SMILES string of the molecule is C=C1C(O)C=CC2(C)CC3OC(=O)C(C)=C3CC12. The van der Waals surface area contributed by atoms with E-state index in [0.717, 1.165) is 29.6 Å². The normalized spacial score (nSPS) is 42.7. The Kier molecular flexibility index (Phi) is 2.33. The van der Waals surface area contributed by atoms with E-state index in [1.54, 1.807) is 6.08 Å². The van der Waals surface area contributed by atoms with E-state index in [1.165, 1.54) is 0 Å². The lowest BCUT2D eigenvalue weighted by Gasteiger charge is -2.46. The molecule has 1 heterocycles. The number of esters is 1. The molecule has 3 rings (SSSR count). The molecule has 4 unspecified atom stereocenters. The molecule has 1 fully saturated rings. The zero-order valence-corrected chi connectivity index (χ0v) is 10.8. The van der Waals surface area contributed by atoms with Gasteiger partial charge in [-0.25, -0.2) is 4.79 Å². The van der Waals surface area contributed by atoms with E-state index in [2.05, 4.69) is 19.6 Å². The molecule has 0 spiro atoms. The van der Waals surface area contributed by atoms with Crippen molar-refractivity contribution >= 4 is 5.97 Å². The number of aliphatic hydroxyl groups is 1. The third kappa shape index (κ3) is 1.43. The van der Waals surface area contributed by atoms with Crippen LogP contribution in [0, 0.1) is 11.3 Å². The van der Waals surface area contributed by atoms with Gasteiger partial charge in [-0.2, -0.15) is 0 Å². The predicted octanol–water partition coefficient (Wildman–Crippen LogP) is 2.13. The average molecular weight is 246 g/mol. The molecule has 0 bridgehead atoms. The van der Waals surface area contributed by atoms with Crippen molar-refractivity contribution in [1.82, 2.24) is 0 Å². The van der Waals surface area contributed by atoms with E-state index in [-0.39, 0.29) is 23.4 Å². The van der Waals surface area contributed by atoms with Crippen LogP contribution < -0.4 is 0 Å². The van der Waals surface area contributed by atoms with E-state index in [1.807, 2.05) is 6.92 Å². The van der Waals surface area contributed by atoms with Gasteiger partial charge in [0, 0.05) is 5.57 Å². The maximum atomic E-state index is 11.6. The molecule has 18 heavy (non-hydrogen) atoms. The summed E-state index contributed by atoms with van der Waals surface area (Å²) < 4.78 is 5.41. The van der Waals surface area contributed by atoms with Gasteiger partial charge in [0.25, 0.3) is 0 Å². The standard InChI is InChI=1S/C15H18O3/c1-8-10-6-11-9(2)12(16)4-5-15(11,3)7-13(10)18-14(8)17/h4-5,11-13,16H,2,6-7H2,1,3H3. The van der Waals surface area contributed by atoms with Crippen molar-refractivity contribution in [2.24, 2.45) is 11.3 Å². The predicted molar refractivity (Wildman–Crippen MR) is 67.7 cm³/mol. The van der Waals surface area contributed by atoms with Crippen molar-refractivity contribution in [3.8, 4) is 0 Å². The second-order valence-corrected chi connectivity index (χ2v) is 5.89. The van der Waals surface area contributed by atoms with Crippen LogP contribution in [0.4, 0.5) is 0 Å². The van der Waals surface area contributed by atoms with E-state index in [4.69, 9.17) is 4.74 Å². The van der Waals surface area contributed by atoms with Crippen molar-refractivity contribution in [3.63, 3.8) is 0 Å². The van der Waals surface area contributed by atoms with Crippen LogP contribution in [-0.2, 0) is 9.53 Å². The first kappa shape index (κ1) is 11.7. The third-order valence-electron chi connectivity index (χ3n) is 4.76. The Morgan fingerprint density at radius 3 is 3.00 bits per heavy atom. The number of fused-ring (bicyclic) bond motifs is 2. The van der Waals surface area contributed by atoms with Crippen molar-refractivity contribution in [2.75, 3.05) is 0 Å². The molecule has 1 N–H and O–H groups in total. The topological polar surface area (TPSA) is 46.5 Å². The summed E-state index contributed by atoms with van der Waals surface area (Å²) in [7, 11) is 0. The molecule has 0 amide bonds. The Balaban J connectivity index is 2.02. The molecule has 0 aromatic carbocycles. The molecule has 1 aliphatic heterocycles. The second kappa shape index (κ2) is 3.58. The number of ether oxygens (including phenoxy) is 1. The largest absolute Gasteiger partial charge is 0.454 e. The van der Waals surface area contributed by atoms with E-state index < -0.39 is 6.10 Å². The number of aliphatic hydroxyl groups excluding tert-OH is 1. The Hall–Kier alpha value is -1.35. The highest BCUT2D eigenvalue weighted by atomic mass is 16.5. The van der Waals surface area contributed by atoms with Crippen molar-refractivity contribution in [3.05, 3.63) is 35.5 Å². The summed E-state index contributed by atoms with van der Waals surface area (Å²) in [6, 6.07) is 0. The zero-order chi connectivity index (χ0) is 13.1. The quantitative estimate of drug-likeness (QED) is 0.526. The van der Waals surface area contributed by atoms with Gasteiger partial charge in [0.1, 0.15) is 6.10 Å². The number of hydrogen-bond acceptors (Lipinski definition) is 3. The fourth-order valence-corrected chi connectivity index (χ4v) is 3.49. The van der Waals surface area contributed by atoms with Gasteiger partial charge >= 0.3 is 5.97 Å². The Bertz CT molecular complexity index is 500. The Labute approximate surface area is 107 Å². The van der Waals surface area contributed by atoms with Crippen LogP contribution in [0.2, 0.25) is 0 Å². The lowest BCUT2D eigenvalue weighted by atomic mass is 9.59. The van der Waals surface area contributed by atoms with Crippen molar-refractivity contribution in [1.29, 1.82) is 0 Å². The van der Waals surface area contributed by atoms with Crippen LogP contribution in [-0.4, -0.2) is 23.3 Å². The summed E-state index contributed by atoms with van der Waals surface area (Å²) in [5.74, 6) is 0.0144. The summed E-state index contributed by atoms with van der Waals surface area (Å²) in [5, 5.41) is 9.89. The maximum absolute atomic E-state index is 11.6. The summed E-state index contributed by atoms with van der Waals surface area (Å²) in [5.41, 5.74) is 2.65. The van der Waals surface area contributed by atoms with Crippen molar-refractivity contribution in [2.45, 2.75) is 38.9 Å². The number of rotatable bonds is 0. The average Bonchev–Trinajstić information content (AvgIpc) is 2.58. The van der Waals surface area contributed by atoms with Gasteiger partial charge in [0.2, 0.25) is 0 Å². The monoisotopic (exact) mass is 246 g/mol. The lowest BCUT2D eigenvalue weighted by molar-refractivity contribution is -0.141. The molecule has 1 saturated carbocycles. The maximum Gasteiger partial charge on any atom is 0.334 e. The molecule has 0 saturated heterocycles. The summed E-state index contributed by atoms with van der Waals surface area (Å²) in [4.78, 5) is 11.6.